The zero-order valence-electron chi connectivity index (χ0n) is 20.8. The van der Waals surface area contributed by atoms with Crippen LogP contribution in [0.25, 0.3) is 16.7 Å². The Morgan fingerprint density at radius 3 is 2.69 bits per heavy atom. The molecule has 178 valence electrons. The van der Waals surface area contributed by atoms with E-state index in [2.05, 4.69) is 55.4 Å². The van der Waals surface area contributed by atoms with Crippen LogP contribution in [0.15, 0.2) is 60.6 Å². The van der Waals surface area contributed by atoms with Gasteiger partial charge in [0.25, 0.3) is 0 Å². The predicted octanol–water partition coefficient (Wildman–Crippen LogP) is 7.24. The molecule has 0 amide bonds. The molecule has 0 saturated heterocycles. The van der Waals surface area contributed by atoms with E-state index < -0.39 is 0 Å². The van der Waals surface area contributed by atoms with Crippen LogP contribution in [0.1, 0.15) is 91.5 Å². The molecule has 1 unspecified atom stereocenters. The van der Waals surface area contributed by atoms with Crippen LogP contribution in [-0.4, -0.2) is 20.4 Å². The minimum Gasteiger partial charge on any atom is -0.294 e. The van der Waals surface area contributed by atoms with Gasteiger partial charge in [-0.2, -0.15) is 5.10 Å². The van der Waals surface area contributed by atoms with Gasteiger partial charge in [0.1, 0.15) is 0 Å². The Kier molecular flexibility index (Phi) is 5.75. The molecule has 3 aliphatic carbocycles. The molecule has 0 N–H and O–H groups in total. The number of carbonyl (C=O) groups is 1. The summed E-state index contributed by atoms with van der Waals surface area (Å²) in [6, 6.07) is 6.57. The molecule has 3 heterocycles. The molecule has 0 spiro atoms. The van der Waals surface area contributed by atoms with Crippen molar-refractivity contribution < 1.29 is 4.79 Å². The summed E-state index contributed by atoms with van der Waals surface area (Å²) < 4.78 is 1.85. The molecular formula is C31H33N3O. The molecule has 0 radical (unpaired) electrons. The number of hydrogen-bond acceptors (Lipinski definition) is 3. The molecule has 1 fully saturated rings. The maximum atomic E-state index is 13.4. The van der Waals surface area contributed by atoms with Crippen molar-refractivity contribution in [2.75, 3.05) is 0 Å². The maximum Gasteiger partial charge on any atom is 0.169 e. The molecule has 0 bridgehead atoms. The normalized spacial score (nSPS) is 20.7. The highest BCUT2D eigenvalue weighted by molar-refractivity contribution is 6.04. The number of Topliss-reactive ketones (excluding diaryl/α,β-unsaturated/α-hetero) is 1. The monoisotopic (exact) mass is 463 g/mol. The summed E-state index contributed by atoms with van der Waals surface area (Å²) in [6.07, 6.45) is 21.4. The van der Waals surface area contributed by atoms with Gasteiger partial charge in [0.2, 0.25) is 0 Å². The Balaban J connectivity index is 1.35. The van der Waals surface area contributed by atoms with Crippen molar-refractivity contribution in [1.29, 1.82) is 0 Å². The summed E-state index contributed by atoms with van der Waals surface area (Å²) in [7, 11) is 0. The van der Waals surface area contributed by atoms with Crippen molar-refractivity contribution in [3.63, 3.8) is 0 Å². The van der Waals surface area contributed by atoms with E-state index in [1.54, 1.807) is 6.20 Å². The van der Waals surface area contributed by atoms with E-state index >= 15 is 0 Å². The number of aromatic nitrogens is 3. The number of ketones is 1. The molecule has 4 nitrogen and oxygen atoms in total. The van der Waals surface area contributed by atoms with Gasteiger partial charge >= 0.3 is 0 Å². The first kappa shape index (κ1) is 22.2. The number of fused-ring (bicyclic) bond motifs is 2. The lowest BCUT2D eigenvalue weighted by molar-refractivity contribution is 0.0909. The smallest absolute Gasteiger partial charge is 0.169 e. The highest BCUT2D eigenvalue weighted by atomic mass is 16.1. The highest BCUT2D eigenvalue weighted by Gasteiger charge is 2.25. The Labute approximate surface area is 207 Å². The molecule has 3 aromatic heterocycles. The summed E-state index contributed by atoms with van der Waals surface area (Å²) in [6.45, 7) is 4.50. The fraction of sp³-hybridized carbons (Fsp3) is 0.387. The van der Waals surface area contributed by atoms with Crippen LogP contribution in [0.5, 0.6) is 0 Å². The van der Waals surface area contributed by atoms with Gasteiger partial charge in [-0.25, -0.2) is 4.52 Å². The van der Waals surface area contributed by atoms with Gasteiger partial charge in [0, 0.05) is 35.9 Å². The number of carbonyl (C=O) groups excluding carboxylic acids is 1. The van der Waals surface area contributed by atoms with E-state index in [4.69, 9.17) is 4.98 Å². The van der Waals surface area contributed by atoms with Gasteiger partial charge in [-0.15, -0.1) is 0 Å². The number of nitrogens with zero attached hydrogens (tertiary/aromatic N) is 3. The zero-order chi connectivity index (χ0) is 23.9. The van der Waals surface area contributed by atoms with Gasteiger partial charge in [0.05, 0.1) is 23.0 Å². The molecule has 35 heavy (non-hydrogen) atoms. The maximum absolute atomic E-state index is 13.4. The average Bonchev–Trinajstić information content (AvgIpc) is 3.37. The van der Waals surface area contributed by atoms with Crippen molar-refractivity contribution >= 4 is 22.4 Å². The van der Waals surface area contributed by atoms with Crippen LogP contribution in [0.4, 0.5) is 0 Å². The average molecular weight is 464 g/mol. The third-order valence-electron chi connectivity index (χ3n) is 8.07. The Bertz CT molecular complexity index is 1400. The highest BCUT2D eigenvalue weighted by Crippen LogP contribution is 2.37. The van der Waals surface area contributed by atoms with E-state index in [1.165, 1.54) is 40.7 Å². The molecule has 4 heteroatoms. The van der Waals surface area contributed by atoms with Crippen molar-refractivity contribution in [2.24, 2.45) is 11.8 Å². The second kappa shape index (κ2) is 9.07. The first-order valence-electron chi connectivity index (χ1n) is 13.2. The van der Waals surface area contributed by atoms with E-state index in [9.17, 15) is 4.79 Å². The van der Waals surface area contributed by atoms with E-state index in [0.29, 0.717) is 5.92 Å². The molecule has 1 atom stereocenters. The van der Waals surface area contributed by atoms with Crippen molar-refractivity contribution in [1.82, 2.24) is 14.6 Å². The van der Waals surface area contributed by atoms with Crippen LogP contribution in [0.2, 0.25) is 0 Å². The molecule has 6 rings (SSSR count). The second-order valence-corrected chi connectivity index (χ2v) is 10.6. The van der Waals surface area contributed by atoms with Gasteiger partial charge in [0.15, 0.2) is 5.78 Å². The molecule has 3 aromatic rings. The van der Waals surface area contributed by atoms with Crippen LogP contribution in [0.3, 0.4) is 0 Å². The first-order valence-corrected chi connectivity index (χ1v) is 13.2. The third kappa shape index (κ3) is 4.09. The summed E-state index contributed by atoms with van der Waals surface area (Å²) >= 11 is 0. The Morgan fingerprint density at radius 2 is 1.89 bits per heavy atom. The lowest BCUT2D eigenvalue weighted by atomic mass is 9.88. The van der Waals surface area contributed by atoms with E-state index in [1.807, 2.05) is 16.9 Å². The number of allylic oxidation sites excluding steroid dienone is 5. The van der Waals surface area contributed by atoms with Crippen LogP contribution in [0, 0.1) is 11.8 Å². The lowest BCUT2D eigenvalue weighted by Gasteiger charge is -2.18. The van der Waals surface area contributed by atoms with Crippen molar-refractivity contribution in [3.05, 3.63) is 88.5 Å². The largest absolute Gasteiger partial charge is 0.294 e. The van der Waals surface area contributed by atoms with Gasteiger partial charge < -0.3 is 0 Å². The van der Waals surface area contributed by atoms with E-state index in [0.717, 1.165) is 60.9 Å². The van der Waals surface area contributed by atoms with Gasteiger partial charge in [-0.3, -0.25) is 9.78 Å². The van der Waals surface area contributed by atoms with Gasteiger partial charge in [-0.1, -0.05) is 56.4 Å². The van der Waals surface area contributed by atoms with E-state index in [-0.39, 0.29) is 11.7 Å². The predicted molar refractivity (Wildman–Crippen MR) is 141 cm³/mol. The molecular weight excluding hydrogens is 430 g/mol. The number of rotatable bonds is 4. The quantitative estimate of drug-likeness (QED) is 0.303. The Morgan fingerprint density at radius 1 is 1.06 bits per heavy atom. The summed E-state index contributed by atoms with van der Waals surface area (Å²) in [5.74, 6) is 0.994. The van der Waals surface area contributed by atoms with Crippen LogP contribution >= 0.6 is 0 Å². The fourth-order valence-electron chi connectivity index (χ4n) is 6.12. The van der Waals surface area contributed by atoms with Crippen LogP contribution in [-0.2, 0) is 6.42 Å². The fourth-order valence-corrected chi connectivity index (χ4v) is 6.12. The summed E-state index contributed by atoms with van der Waals surface area (Å²) in [4.78, 5) is 18.3. The molecule has 0 aromatic carbocycles. The minimum atomic E-state index is 0.134. The summed E-state index contributed by atoms with van der Waals surface area (Å²) in [5.41, 5.74) is 10.3. The topological polar surface area (TPSA) is 47.3 Å². The van der Waals surface area contributed by atoms with Crippen molar-refractivity contribution in [2.45, 2.75) is 65.2 Å². The van der Waals surface area contributed by atoms with Gasteiger partial charge in [-0.05, 0) is 67.0 Å². The SMILES string of the molecule is CC1=C(c2cnc3c(c2)C(c2ccn4ncc(C(=O)C5CCCCCC5)c4c2)=CC3)C=CC(C)C1. The number of hydrogen-bond donors (Lipinski definition) is 0. The van der Waals surface area contributed by atoms with Crippen molar-refractivity contribution in [3.8, 4) is 0 Å². The number of pyridine rings is 2. The molecule has 1 saturated carbocycles. The minimum absolute atomic E-state index is 0.134. The summed E-state index contributed by atoms with van der Waals surface area (Å²) in [5, 5.41) is 4.51. The molecule has 3 aliphatic rings. The standard InChI is InChI=1S/C31H33N3O/c1-20-9-10-25(21(2)15-20)24-16-27-26(11-12-29(27)32-18-24)23-13-14-34-30(17-23)28(19-33-34)31(35)22-7-5-3-4-6-8-22/h9-11,13-14,16-20,22H,3-8,12,15H2,1-2H3. The zero-order valence-corrected chi connectivity index (χ0v) is 20.8. The third-order valence-corrected chi connectivity index (χ3v) is 8.07. The first-order chi connectivity index (χ1) is 17.1. The lowest BCUT2D eigenvalue weighted by Crippen LogP contribution is -2.13. The second-order valence-electron chi connectivity index (χ2n) is 10.6. The Hall–Kier alpha value is -3.27. The molecule has 0 aliphatic heterocycles. The van der Waals surface area contributed by atoms with Crippen LogP contribution < -0.4 is 0 Å².